The number of nitrogens with zero attached hydrogens (tertiary/aromatic N) is 2. The number of carbonyl (C=O) groups excluding carboxylic acids is 1. The van der Waals surface area contributed by atoms with Gasteiger partial charge in [0.2, 0.25) is 0 Å². The van der Waals surface area contributed by atoms with Crippen molar-refractivity contribution in [2.75, 3.05) is 38.7 Å². The molecule has 6 heteroatoms. The third-order valence-electron chi connectivity index (χ3n) is 4.40. The molecule has 132 valence electrons. The monoisotopic (exact) mass is 333 g/mol. The van der Waals surface area contributed by atoms with Crippen LogP contribution in [0.2, 0.25) is 0 Å². The van der Waals surface area contributed by atoms with Gasteiger partial charge in [-0.1, -0.05) is 0 Å². The average molecular weight is 333 g/mol. The van der Waals surface area contributed by atoms with Crippen molar-refractivity contribution in [1.29, 1.82) is 0 Å². The van der Waals surface area contributed by atoms with Gasteiger partial charge < -0.3 is 19.7 Å². The van der Waals surface area contributed by atoms with Gasteiger partial charge in [0.05, 0.1) is 23.9 Å². The van der Waals surface area contributed by atoms with E-state index < -0.39 is 0 Å². The summed E-state index contributed by atoms with van der Waals surface area (Å²) in [6, 6.07) is 3.73. The molecule has 0 unspecified atom stereocenters. The number of ether oxygens (including phenoxy) is 2. The van der Waals surface area contributed by atoms with Crippen LogP contribution >= 0.6 is 0 Å². The molecule has 2 heterocycles. The summed E-state index contributed by atoms with van der Waals surface area (Å²) in [5.74, 6) is 1.62. The molecule has 3 rings (SSSR count). The molecule has 6 nitrogen and oxygen atoms in total. The van der Waals surface area contributed by atoms with E-state index in [9.17, 15) is 4.79 Å². The number of hydrogen-bond donors (Lipinski definition) is 1. The van der Waals surface area contributed by atoms with Crippen molar-refractivity contribution in [3.8, 4) is 0 Å². The zero-order valence-electron chi connectivity index (χ0n) is 14.7. The molecular formula is C18H27N3O3. The number of hydrogen-bond acceptors (Lipinski definition) is 5. The third-order valence-corrected chi connectivity index (χ3v) is 4.40. The topological polar surface area (TPSA) is 63.7 Å². The van der Waals surface area contributed by atoms with Crippen molar-refractivity contribution < 1.29 is 14.3 Å². The molecule has 0 radical (unpaired) electrons. The Morgan fingerprint density at radius 3 is 2.88 bits per heavy atom. The lowest BCUT2D eigenvalue weighted by atomic mass is 10.0. The minimum atomic E-state index is -0.379. The number of aromatic nitrogens is 1. The van der Waals surface area contributed by atoms with E-state index in [1.165, 1.54) is 12.8 Å². The first-order valence-electron chi connectivity index (χ1n) is 8.63. The van der Waals surface area contributed by atoms with Gasteiger partial charge in [-0.05, 0) is 44.7 Å². The SMILES string of the molecule is COC[C@H]1CN(C(=O)c2ccc(NCC3CC3)nc2)CC(C)(C)O1. The van der Waals surface area contributed by atoms with Gasteiger partial charge >= 0.3 is 0 Å². The molecule has 1 aliphatic heterocycles. The van der Waals surface area contributed by atoms with E-state index in [2.05, 4.69) is 10.3 Å². The molecule has 1 N–H and O–H groups in total. The highest BCUT2D eigenvalue weighted by atomic mass is 16.5. The summed E-state index contributed by atoms with van der Waals surface area (Å²) < 4.78 is 11.2. The minimum Gasteiger partial charge on any atom is -0.382 e. The third kappa shape index (κ3) is 4.45. The molecule has 1 saturated heterocycles. The van der Waals surface area contributed by atoms with Crippen LogP contribution in [0.4, 0.5) is 5.82 Å². The van der Waals surface area contributed by atoms with Gasteiger partial charge in [-0.3, -0.25) is 4.79 Å². The Hall–Kier alpha value is -1.66. The fourth-order valence-corrected chi connectivity index (χ4v) is 3.10. The van der Waals surface area contributed by atoms with Crippen molar-refractivity contribution in [3.63, 3.8) is 0 Å². The summed E-state index contributed by atoms with van der Waals surface area (Å²) in [4.78, 5) is 19.0. The van der Waals surface area contributed by atoms with Crippen LogP contribution in [0.1, 0.15) is 37.0 Å². The lowest BCUT2D eigenvalue weighted by molar-refractivity contribution is -0.143. The van der Waals surface area contributed by atoms with Crippen LogP contribution < -0.4 is 5.32 Å². The number of morpholine rings is 1. The van der Waals surface area contributed by atoms with Gasteiger partial charge in [-0.15, -0.1) is 0 Å². The smallest absolute Gasteiger partial charge is 0.255 e. The number of anilines is 1. The number of nitrogens with one attached hydrogen (secondary N) is 1. The molecular weight excluding hydrogens is 306 g/mol. The number of methoxy groups -OCH3 is 1. The van der Waals surface area contributed by atoms with Crippen molar-refractivity contribution in [3.05, 3.63) is 23.9 Å². The zero-order valence-corrected chi connectivity index (χ0v) is 14.7. The molecule has 1 aliphatic carbocycles. The first kappa shape index (κ1) is 17.2. The zero-order chi connectivity index (χ0) is 17.2. The fraction of sp³-hybridized carbons (Fsp3) is 0.667. The Bertz CT molecular complexity index is 569. The van der Waals surface area contributed by atoms with Gasteiger partial charge in [0.15, 0.2) is 0 Å². The molecule has 1 amide bonds. The first-order chi connectivity index (χ1) is 11.5. The van der Waals surface area contributed by atoms with E-state index in [0.29, 0.717) is 25.3 Å². The maximum absolute atomic E-state index is 12.8. The molecule has 0 aromatic carbocycles. The summed E-state index contributed by atoms with van der Waals surface area (Å²) in [5.41, 5.74) is 0.233. The second-order valence-corrected chi connectivity index (χ2v) is 7.40. The van der Waals surface area contributed by atoms with Crippen LogP contribution in [0.25, 0.3) is 0 Å². The Morgan fingerprint density at radius 2 is 2.25 bits per heavy atom. The number of pyridine rings is 1. The highest BCUT2D eigenvalue weighted by Crippen LogP contribution is 2.28. The number of amides is 1. The van der Waals surface area contributed by atoms with Crippen molar-refractivity contribution in [1.82, 2.24) is 9.88 Å². The van der Waals surface area contributed by atoms with E-state index in [-0.39, 0.29) is 17.6 Å². The van der Waals surface area contributed by atoms with Gasteiger partial charge in [0, 0.05) is 32.9 Å². The van der Waals surface area contributed by atoms with Gasteiger partial charge in [0.1, 0.15) is 5.82 Å². The molecule has 2 fully saturated rings. The van der Waals surface area contributed by atoms with Crippen LogP contribution in [0.15, 0.2) is 18.3 Å². The molecule has 1 aromatic heterocycles. The second kappa shape index (κ2) is 7.07. The van der Waals surface area contributed by atoms with Crippen LogP contribution in [0, 0.1) is 5.92 Å². The Labute approximate surface area is 143 Å². The van der Waals surface area contributed by atoms with Crippen LogP contribution in [0.3, 0.4) is 0 Å². The highest BCUT2D eigenvalue weighted by molar-refractivity contribution is 5.94. The summed E-state index contributed by atoms with van der Waals surface area (Å²) in [7, 11) is 1.65. The predicted octanol–water partition coefficient (Wildman–Crippen LogP) is 2.17. The van der Waals surface area contributed by atoms with Gasteiger partial charge in [-0.25, -0.2) is 4.98 Å². The number of rotatable bonds is 6. The maximum Gasteiger partial charge on any atom is 0.255 e. The van der Waals surface area contributed by atoms with Crippen molar-refractivity contribution in [2.45, 2.75) is 38.4 Å². The molecule has 1 atom stereocenters. The first-order valence-corrected chi connectivity index (χ1v) is 8.63. The maximum atomic E-state index is 12.8. The summed E-state index contributed by atoms with van der Waals surface area (Å²) in [6.07, 6.45) is 4.17. The lowest BCUT2D eigenvalue weighted by Gasteiger charge is -2.42. The van der Waals surface area contributed by atoms with E-state index >= 15 is 0 Å². The van der Waals surface area contributed by atoms with Gasteiger partial charge in [0.25, 0.3) is 5.91 Å². The van der Waals surface area contributed by atoms with E-state index in [1.807, 2.05) is 30.9 Å². The standard InChI is InChI=1S/C18H27N3O3/c1-18(2)12-21(10-15(24-18)11-23-3)17(22)14-6-7-16(20-9-14)19-8-13-4-5-13/h6-7,9,13,15H,4-5,8,10-12H2,1-3H3,(H,19,20)/t15-/m1/s1. The van der Waals surface area contributed by atoms with E-state index in [4.69, 9.17) is 9.47 Å². The molecule has 0 spiro atoms. The average Bonchev–Trinajstić information content (AvgIpc) is 3.36. The largest absolute Gasteiger partial charge is 0.382 e. The molecule has 1 aromatic rings. The minimum absolute atomic E-state index is 0.00581. The normalized spacial score (nSPS) is 23.1. The number of carbonyl (C=O) groups is 1. The van der Waals surface area contributed by atoms with Crippen LogP contribution in [0.5, 0.6) is 0 Å². The Kier molecular flexibility index (Phi) is 5.06. The molecule has 2 aliphatic rings. The second-order valence-electron chi connectivity index (χ2n) is 7.40. The van der Waals surface area contributed by atoms with E-state index in [1.54, 1.807) is 13.3 Å². The van der Waals surface area contributed by atoms with Crippen molar-refractivity contribution in [2.24, 2.45) is 5.92 Å². The van der Waals surface area contributed by atoms with E-state index in [0.717, 1.165) is 18.3 Å². The quantitative estimate of drug-likeness (QED) is 0.864. The molecule has 0 bridgehead atoms. The summed E-state index contributed by atoms with van der Waals surface area (Å²) >= 11 is 0. The molecule has 24 heavy (non-hydrogen) atoms. The van der Waals surface area contributed by atoms with Crippen LogP contribution in [-0.2, 0) is 9.47 Å². The summed E-state index contributed by atoms with van der Waals surface area (Å²) in [6.45, 7) is 6.55. The highest BCUT2D eigenvalue weighted by Gasteiger charge is 2.36. The molecule has 1 saturated carbocycles. The van der Waals surface area contributed by atoms with Crippen LogP contribution in [-0.4, -0.2) is 60.8 Å². The Balaban J connectivity index is 1.63. The predicted molar refractivity (Wildman–Crippen MR) is 92.2 cm³/mol. The Morgan fingerprint density at radius 1 is 1.46 bits per heavy atom. The summed E-state index contributed by atoms with van der Waals surface area (Å²) in [5, 5.41) is 3.32. The van der Waals surface area contributed by atoms with Gasteiger partial charge in [-0.2, -0.15) is 0 Å². The van der Waals surface area contributed by atoms with Crippen molar-refractivity contribution >= 4 is 11.7 Å². The lowest BCUT2D eigenvalue weighted by Crippen LogP contribution is -2.55. The fourth-order valence-electron chi connectivity index (χ4n) is 3.10.